The molecule has 1 aromatic rings. The van der Waals surface area contributed by atoms with Crippen molar-refractivity contribution in [3.63, 3.8) is 0 Å². The van der Waals surface area contributed by atoms with Crippen molar-refractivity contribution in [2.45, 2.75) is 31.8 Å². The number of hydrogen-bond acceptors (Lipinski definition) is 2. The molecular weight excluding hydrogens is 196 g/mol. The molecule has 0 aromatic heterocycles. The van der Waals surface area contributed by atoms with Gasteiger partial charge in [0.1, 0.15) is 0 Å². The molecule has 1 aliphatic heterocycles. The molecule has 2 aliphatic rings. The topological polar surface area (TPSA) is 15.3 Å². The summed E-state index contributed by atoms with van der Waals surface area (Å²) in [4.78, 5) is 2.41. The van der Waals surface area contributed by atoms with Crippen molar-refractivity contribution in [2.75, 3.05) is 18.5 Å². The number of hydrogen-bond donors (Lipinski definition) is 1. The molecule has 2 heteroatoms. The highest BCUT2D eigenvalue weighted by molar-refractivity contribution is 5.54. The number of benzene rings is 1. The number of nitrogens with one attached hydrogen (secondary N) is 1. The van der Waals surface area contributed by atoms with E-state index in [-0.39, 0.29) is 0 Å². The second-order valence-corrected chi connectivity index (χ2v) is 5.53. The van der Waals surface area contributed by atoms with Crippen LogP contribution in [0.15, 0.2) is 24.3 Å². The van der Waals surface area contributed by atoms with Crippen molar-refractivity contribution < 1.29 is 0 Å². The van der Waals surface area contributed by atoms with E-state index in [1.165, 1.54) is 24.1 Å². The van der Waals surface area contributed by atoms with Gasteiger partial charge >= 0.3 is 0 Å². The van der Waals surface area contributed by atoms with Gasteiger partial charge in [0.25, 0.3) is 0 Å². The first kappa shape index (κ1) is 10.2. The molecule has 16 heavy (non-hydrogen) atoms. The Kier molecular flexibility index (Phi) is 2.21. The Bertz CT molecular complexity index is 397. The van der Waals surface area contributed by atoms with Crippen molar-refractivity contribution in [2.24, 2.45) is 5.92 Å². The van der Waals surface area contributed by atoms with Gasteiger partial charge in [-0.3, -0.25) is 0 Å². The molecule has 0 amide bonds. The fraction of sp³-hybridized carbons (Fsp3) is 0.571. The zero-order valence-corrected chi connectivity index (χ0v) is 10.2. The number of likely N-dealkylation sites (N-methyl/N-ethyl adjacent to an activating group) is 1. The molecule has 0 radical (unpaired) electrons. The summed E-state index contributed by atoms with van der Waals surface area (Å²) < 4.78 is 0. The Balaban J connectivity index is 1.92. The highest BCUT2D eigenvalue weighted by Crippen LogP contribution is 2.41. The maximum Gasteiger partial charge on any atom is 0.0409 e. The van der Waals surface area contributed by atoms with Crippen molar-refractivity contribution in [1.29, 1.82) is 0 Å². The molecule has 1 aliphatic carbocycles. The average Bonchev–Trinajstić information content (AvgIpc) is 3.09. The van der Waals surface area contributed by atoms with E-state index in [2.05, 4.69) is 48.5 Å². The highest BCUT2D eigenvalue weighted by Gasteiger charge is 2.43. The van der Waals surface area contributed by atoms with E-state index >= 15 is 0 Å². The summed E-state index contributed by atoms with van der Waals surface area (Å²) in [5.74, 6) is 0.879. The fourth-order valence-corrected chi connectivity index (χ4v) is 2.96. The molecule has 1 aromatic carbocycles. The van der Waals surface area contributed by atoms with Crippen LogP contribution in [0.4, 0.5) is 5.69 Å². The number of fused-ring (bicyclic) bond motifs is 1. The molecule has 1 atom stereocenters. The molecule has 2 nitrogen and oxygen atoms in total. The van der Waals surface area contributed by atoms with Crippen LogP contribution in [0, 0.1) is 5.92 Å². The third-order valence-corrected chi connectivity index (χ3v) is 4.13. The van der Waals surface area contributed by atoms with Gasteiger partial charge in [-0.2, -0.15) is 0 Å². The van der Waals surface area contributed by atoms with Crippen LogP contribution in [-0.2, 0) is 6.54 Å². The molecule has 0 saturated heterocycles. The maximum atomic E-state index is 3.76. The second kappa shape index (κ2) is 3.49. The van der Waals surface area contributed by atoms with E-state index in [0.717, 1.165) is 19.0 Å². The first-order chi connectivity index (χ1) is 7.69. The van der Waals surface area contributed by atoms with Crippen molar-refractivity contribution >= 4 is 5.69 Å². The summed E-state index contributed by atoms with van der Waals surface area (Å²) in [6, 6.07) is 8.73. The zero-order valence-electron chi connectivity index (χ0n) is 10.2. The van der Waals surface area contributed by atoms with Crippen LogP contribution in [0.25, 0.3) is 0 Å². The predicted octanol–water partition coefficient (Wildman–Crippen LogP) is 2.39. The lowest BCUT2D eigenvalue weighted by molar-refractivity contribution is 0.320. The predicted molar refractivity (Wildman–Crippen MR) is 67.7 cm³/mol. The molecule has 0 bridgehead atoms. The van der Waals surface area contributed by atoms with Gasteiger partial charge in [0.05, 0.1) is 0 Å². The lowest BCUT2D eigenvalue weighted by Gasteiger charge is -2.33. The standard InChI is InChI=1S/C14H20N2/c1-14(12-7-8-12)10-16(2)13-6-4-3-5-11(13)9-15-14/h3-6,12,15H,7-10H2,1-2H3. The summed E-state index contributed by atoms with van der Waals surface area (Å²) in [5.41, 5.74) is 3.11. The average molecular weight is 216 g/mol. The second-order valence-electron chi connectivity index (χ2n) is 5.53. The van der Waals surface area contributed by atoms with E-state index < -0.39 is 0 Å². The van der Waals surface area contributed by atoms with Crippen LogP contribution in [0.5, 0.6) is 0 Å². The Hall–Kier alpha value is -1.02. The van der Waals surface area contributed by atoms with Crippen molar-refractivity contribution in [3.05, 3.63) is 29.8 Å². The SMILES string of the molecule is CN1CC(C)(C2CC2)NCc2ccccc21. The summed E-state index contributed by atoms with van der Waals surface area (Å²) >= 11 is 0. The van der Waals surface area contributed by atoms with E-state index in [9.17, 15) is 0 Å². The third kappa shape index (κ3) is 1.61. The number of nitrogens with zero attached hydrogens (tertiary/aromatic N) is 1. The number of anilines is 1. The van der Waals surface area contributed by atoms with Crippen LogP contribution < -0.4 is 10.2 Å². The van der Waals surface area contributed by atoms with Gasteiger partial charge in [-0.05, 0) is 37.3 Å². The monoisotopic (exact) mass is 216 g/mol. The van der Waals surface area contributed by atoms with Gasteiger partial charge in [0.2, 0.25) is 0 Å². The number of rotatable bonds is 1. The normalized spacial score (nSPS) is 29.8. The molecule has 3 rings (SSSR count). The minimum Gasteiger partial charge on any atom is -0.372 e. The Labute approximate surface area is 97.6 Å². The summed E-state index contributed by atoms with van der Waals surface area (Å²) in [5, 5.41) is 3.76. The van der Waals surface area contributed by atoms with E-state index in [0.29, 0.717) is 5.54 Å². The zero-order chi connectivity index (χ0) is 11.2. The van der Waals surface area contributed by atoms with Gasteiger partial charge in [0.15, 0.2) is 0 Å². The molecule has 1 saturated carbocycles. The molecule has 1 unspecified atom stereocenters. The van der Waals surface area contributed by atoms with Crippen molar-refractivity contribution in [3.8, 4) is 0 Å². The maximum absolute atomic E-state index is 3.76. The molecule has 0 spiro atoms. The van der Waals surface area contributed by atoms with Gasteiger partial charge in [0, 0.05) is 31.4 Å². The van der Waals surface area contributed by atoms with Crippen LogP contribution in [0.3, 0.4) is 0 Å². The van der Waals surface area contributed by atoms with Crippen molar-refractivity contribution in [1.82, 2.24) is 5.32 Å². The van der Waals surface area contributed by atoms with Crippen LogP contribution in [-0.4, -0.2) is 19.1 Å². The summed E-state index contributed by atoms with van der Waals surface area (Å²) in [7, 11) is 2.21. The first-order valence-corrected chi connectivity index (χ1v) is 6.23. The van der Waals surface area contributed by atoms with E-state index in [1.54, 1.807) is 0 Å². The van der Waals surface area contributed by atoms with Gasteiger partial charge in [-0.15, -0.1) is 0 Å². The Morgan fingerprint density at radius 1 is 1.31 bits per heavy atom. The smallest absolute Gasteiger partial charge is 0.0409 e. The van der Waals surface area contributed by atoms with Crippen LogP contribution in [0.2, 0.25) is 0 Å². The molecule has 1 heterocycles. The first-order valence-electron chi connectivity index (χ1n) is 6.23. The summed E-state index contributed by atoms with van der Waals surface area (Å²) in [6.45, 7) is 4.51. The van der Waals surface area contributed by atoms with Gasteiger partial charge < -0.3 is 10.2 Å². The van der Waals surface area contributed by atoms with Crippen LogP contribution in [0.1, 0.15) is 25.3 Å². The minimum absolute atomic E-state index is 0.299. The lowest BCUT2D eigenvalue weighted by atomic mass is 9.95. The largest absolute Gasteiger partial charge is 0.372 e. The molecule has 86 valence electrons. The fourth-order valence-electron chi connectivity index (χ4n) is 2.96. The van der Waals surface area contributed by atoms with Gasteiger partial charge in [-0.1, -0.05) is 18.2 Å². The quantitative estimate of drug-likeness (QED) is 0.775. The number of para-hydroxylation sites is 1. The molecule has 1 fully saturated rings. The molecular formula is C14H20N2. The lowest BCUT2D eigenvalue weighted by Crippen LogP contribution is -2.50. The van der Waals surface area contributed by atoms with E-state index in [4.69, 9.17) is 0 Å². The third-order valence-electron chi connectivity index (χ3n) is 4.13. The Morgan fingerprint density at radius 2 is 2.06 bits per heavy atom. The van der Waals surface area contributed by atoms with Gasteiger partial charge in [-0.25, -0.2) is 0 Å². The molecule has 1 N–H and O–H groups in total. The Morgan fingerprint density at radius 3 is 2.81 bits per heavy atom. The van der Waals surface area contributed by atoms with Crippen LogP contribution >= 0.6 is 0 Å². The summed E-state index contributed by atoms with van der Waals surface area (Å²) in [6.07, 6.45) is 2.79. The highest BCUT2D eigenvalue weighted by atomic mass is 15.2. The van der Waals surface area contributed by atoms with E-state index in [1.807, 2.05) is 0 Å². The minimum atomic E-state index is 0.299.